The zero-order valence-electron chi connectivity index (χ0n) is 9.99. The second-order valence-electron chi connectivity index (χ2n) is 3.69. The van der Waals surface area contributed by atoms with Gasteiger partial charge in [0.25, 0.3) is 10.0 Å². The lowest BCUT2D eigenvalue weighted by atomic mass is 10.2. The molecule has 0 saturated heterocycles. The van der Waals surface area contributed by atoms with Crippen molar-refractivity contribution in [2.24, 2.45) is 0 Å². The van der Waals surface area contributed by atoms with E-state index in [0.717, 1.165) is 17.3 Å². The average Bonchev–Trinajstić information content (AvgIpc) is 2.42. The van der Waals surface area contributed by atoms with Crippen LogP contribution in [0.15, 0.2) is 42.1 Å². The van der Waals surface area contributed by atoms with Crippen molar-refractivity contribution >= 4 is 45.0 Å². The van der Waals surface area contributed by atoms with E-state index in [-0.39, 0.29) is 16.0 Å². The molecule has 8 heteroatoms. The Kier molecular flexibility index (Phi) is 4.59. The van der Waals surface area contributed by atoms with Crippen molar-refractivity contribution in [2.75, 3.05) is 4.72 Å². The molecule has 0 bridgehead atoms. The lowest BCUT2D eigenvalue weighted by molar-refractivity contribution is 0.609. The SMILES string of the molecule is O=S(=O)(/C=C/c1ccccc1)Nc1c(Cl)ncnc1Cl. The fourth-order valence-corrected chi connectivity index (χ4v) is 2.74. The number of anilines is 1. The van der Waals surface area contributed by atoms with Crippen LogP contribution in [-0.4, -0.2) is 18.4 Å². The minimum absolute atomic E-state index is 0.0476. The van der Waals surface area contributed by atoms with E-state index in [1.165, 1.54) is 6.08 Å². The molecule has 2 rings (SSSR count). The molecule has 0 unspecified atom stereocenters. The van der Waals surface area contributed by atoms with Crippen LogP contribution in [0, 0.1) is 0 Å². The molecule has 104 valence electrons. The molecule has 0 amide bonds. The molecular formula is C12H9Cl2N3O2S. The van der Waals surface area contributed by atoms with Crippen LogP contribution >= 0.6 is 23.2 Å². The molecule has 5 nitrogen and oxygen atoms in total. The predicted molar refractivity (Wildman–Crippen MR) is 80.1 cm³/mol. The van der Waals surface area contributed by atoms with Crippen molar-refractivity contribution in [3.63, 3.8) is 0 Å². The summed E-state index contributed by atoms with van der Waals surface area (Å²) >= 11 is 11.5. The summed E-state index contributed by atoms with van der Waals surface area (Å²) in [4.78, 5) is 7.32. The van der Waals surface area contributed by atoms with Gasteiger partial charge in [0.1, 0.15) is 12.0 Å². The summed E-state index contributed by atoms with van der Waals surface area (Å²) in [5.41, 5.74) is 0.702. The van der Waals surface area contributed by atoms with Crippen molar-refractivity contribution in [1.82, 2.24) is 9.97 Å². The van der Waals surface area contributed by atoms with Gasteiger partial charge in [-0.05, 0) is 11.6 Å². The van der Waals surface area contributed by atoms with Crippen molar-refractivity contribution < 1.29 is 8.42 Å². The van der Waals surface area contributed by atoms with Crippen LogP contribution in [0.4, 0.5) is 5.69 Å². The fraction of sp³-hybridized carbons (Fsp3) is 0. The van der Waals surface area contributed by atoms with Gasteiger partial charge in [0.2, 0.25) is 0 Å². The van der Waals surface area contributed by atoms with Gasteiger partial charge in [-0.3, -0.25) is 4.72 Å². The normalized spacial score (nSPS) is 11.7. The van der Waals surface area contributed by atoms with Gasteiger partial charge in [0.05, 0.1) is 5.41 Å². The Morgan fingerprint density at radius 1 is 1.05 bits per heavy atom. The van der Waals surface area contributed by atoms with E-state index in [2.05, 4.69) is 14.7 Å². The highest BCUT2D eigenvalue weighted by atomic mass is 35.5. The van der Waals surface area contributed by atoms with E-state index in [9.17, 15) is 8.42 Å². The Morgan fingerprint density at radius 2 is 1.65 bits per heavy atom. The smallest absolute Gasteiger partial charge is 0.255 e. The first-order valence-electron chi connectivity index (χ1n) is 5.40. The van der Waals surface area contributed by atoms with E-state index in [0.29, 0.717) is 0 Å². The number of benzene rings is 1. The summed E-state index contributed by atoms with van der Waals surface area (Å²) in [6.07, 6.45) is 2.59. The van der Waals surface area contributed by atoms with Crippen LogP contribution in [0.25, 0.3) is 6.08 Å². The Balaban J connectivity index is 2.22. The number of sulfonamides is 1. The van der Waals surface area contributed by atoms with Crippen molar-refractivity contribution in [1.29, 1.82) is 0 Å². The third kappa shape index (κ3) is 3.93. The topological polar surface area (TPSA) is 72.0 Å². The number of hydrogen-bond donors (Lipinski definition) is 1. The molecule has 1 aromatic heterocycles. The predicted octanol–water partition coefficient (Wildman–Crippen LogP) is 3.20. The summed E-state index contributed by atoms with van der Waals surface area (Å²) in [5.74, 6) is 0. The molecule has 0 aliphatic rings. The maximum Gasteiger partial charge on any atom is 0.255 e. The van der Waals surface area contributed by atoms with Gasteiger partial charge < -0.3 is 0 Å². The highest BCUT2D eigenvalue weighted by Gasteiger charge is 2.14. The number of rotatable bonds is 4. The van der Waals surface area contributed by atoms with Gasteiger partial charge in [-0.2, -0.15) is 0 Å². The largest absolute Gasteiger partial charge is 0.274 e. The van der Waals surface area contributed by atoms with Gasteiger partial charge in [-0.25, -0.2) is 18.4 Å². The summed E-state index contributed by atoms with van der Waals surface area (Å²) in [5, 5.41) is 0.880. The Bertz CT molecular complexity index is 713. The minimum atomic E-state index is -3.76. The molecule has 0 radical (unpaired) electrons. The molecule has 0 aliphatic heterocycles. The van der Waals surface area contributed by atoms with Crippen LogP contribution in [0.1, 0.15) is 5.56 Å². The van der Waals surface area contributed by atoms with Crippen molar-refractivity contribution in [2.45, 2.75) is 0 Å². The number of nitrogens with one attached hydrogen (secondary N) is 1. The summed E-state index contributed by atoms with van der Waals surface area (Å²) < 4.78 is 26.0. The second kappa shape index (κ2) is 6.21. The highest BCUT2D eigenvalue weighted by molar-refractivity contribution is 7.95. The standard InChI is InChI=1S/C12H9Cl2N3O2S/c13-11-10(12(14)16-8-15-11)17-20(18,19)7-6-9-4-2-1-3-5-9/h1-8,17H/b7-6+. The lowest BCUT2D eigenvalue weighted by Crippen LogP contribution is -2.10. The first-order valence-corrected chi connectivity index (χ1v) is 7.70. The molecule has 1 heterocycles. The maximum absolute atomic E-state index is 11.9. The van der Waals surface area contributed by atoms with Crippen LogP contribution < -0.4 is 4.72 Å². The number of halogens is 2. The second-order valence-corrected chi connectivity index (χ2v) is 5.97. The monoisotopic (exact) mass is 329 g/mol. The van der Waals surface area contributed by atoms with Gasteiger partial charge in [0.15, 0.2) is 10.3 Å². The molecule has 20 heavy (non-hydrogen) atoms. The molecule has 0 spiro atoms. The third-order valence-electron chi connectivity index (χ3n) is 2.24. The zero-order valence-corrected chi connectivity index (χ0v) is 12.3. The van der Waals surface area contributed by atoms with E-state index in [1.54, 1.807) is 24.3 Å². The van der Waals surface area contributed by atoms with Crippen LogP contribution in [-0.2, 0) is 10.0 Å². The quantitative estimate of drug-likeness (QED) is 0.874. The number of nitrogens with zero attached hydrogens (tertiary/aromatic N) is 2. The lowest BCUT2D eigenvalue weighted by Gasteiger charge is -2.06. The Labute approximate surface area is 126 Å². The molecule has 0 fully saturated rings. The fourth-order valence-electron chi connectivity index (χ4n) is 1.34. The first-order chi connectivity index (χ1) is 9.48. The number of aromatic nitrogens is 2. The van der Waals surface area contributed by atoms with Crippen LogP contribution in [0.5, 0.6) is 0 Å². The Hall–Kier alpha value is -1.63. The van der Waals surface area contributed by atoms with Crippen molar-refractivity contribution in [3.05, 3.63) is 57.9 Å². The van der Waals surface area contributed by atoms with Gasteiger partial charge in [-0.1, -0.05) is 53.5 Å². The molecular weight excluding hydrogens is 321 g/mol. The third-order valence-corrected chi connectivity index (χ3v) is 3.79. The number of hydrogen-bond acceptors (Lipinski definition) is 4. The molecule has 2 aromatic rings. The molecule has 0 atom stereocenters. The van der Waals surface area contributed by atoms with Gasteiger partial charge in [0, 0.05) is 0 Å². The molecule has 1 aromatic carbocycles. The maximum atomic E-state index is 11.9. The first kappa shape index (κ1) is 14.8. The van der Waals surface area contributed by atoms with E-state index < -0.39 is 10.0 Å². The van der Waals surface area contributed by atoms with Crippen LogP contribution in [0.2, 0.25) is 10.3 Å². The van der Waals surface area contributed by atoms with Gasteiger partial charge >= 0.3 is 0 Å². The van der Waals surface area contributed by atoms with E-state index in [1.807, 2.05) is 6.07 Å². The minimum Gasteiger partial charge on any atom is -0.274 e. The van der Waals surface area contributed by atoms with E-state index in [4.69, 9.17) is 23.2 Å². The summed E-state index contributed by atoms with van der Waals surface area (Å²) in [6, 6.07) is 9.00. The molecule has 0 saturated carbocycles. The zero-order chi connectivity index (χ0) is 14.6. The van der Waals surface area contributed by atoms with Gasteiger partial charge in [-0.15, -0.1) is 0 Å². The average molecular weight is 330 g/mol. The summed E-state index contributed by atoms with van der Waals surface area (Å²) in [6.45, 7) is 0. The molecule has 0 aliphatic carbocycles. The van der Waals surface area contributed by atoms with Crippen LogP contribution in [0.3, 0.4) is 0 Å². The van der Waals surface area contributed by atoms with Crippen molar-refractivity contribution in [3.8, 4) is 0 Å². The summed E-state index contributed by atoms with van der Waals surface area (Å²) in [7, 11) is -3.76. The van der Waals surface area contributed by atoms with E-state index >= 15 is 0 Å². The Morgan fingerprint density at radius 3 is 2.25 bits per heavy atom. The highest BCUT2D eigenvalue weighted by Crippen LogP contribution is 2.26. The molecule has 1 N–H and O–H groups in total.